The summed E-state index contributed by atoms with van der Waals surface area (Å²) in [4.78, 5) is 4.57. The fourth-order valence-electron chi connectivity index (χ4n) is 4.41. The molecule has 0 spiro atoms. The van der Waals surface area contributed by atoms with Crippen LogP contribution in [0.5, 0.6) is 0 Å². The minimum atomic E-state index is -0.885. The normalized spacial score (nSPS) is 15.8. The molecule has 0 saturated carbocycles. The van der Waals surface area contributed by atoms with Gasteiger partial charge >= 0.3 is 0 Å². The van der Waals surface area contributed by atoms with Crippen LogP contribution in [-0.2, 0) is 19.9 Å². The number of anilines is 1. The van der Waals surface area contributed by atoms with Crippen LogP contribution in [0.15, 0.2) is 39.9 Å². The number of nitrogens with zero attached hydrogens (tertiary/aromatic N) is 4. The third kappa shape index (κ3) is 4.66. The quantitative estimate of drug-likeness (QED) is 0.256. The van der Waals surface area contributed by atoms with E-state index in [-0.39, 0.29) is 0 Å². The molecule has 6 nitrogen and oxygen atoms in total. The van der Waals surface area contributed by atoms with E-state index in [0.717, 1.165) is 84.4 Å². The van der Waals surface area contributed by atoms with Crippen molar-refractivity contribution in [3.05, 3.63) is 53.4 Å². The highest BCUT2D eigenvalue weighted by Crippen LogP contribution is 2.31. The van der Waals surface area contributed by atoms with Crippen LogP contribution in [0.25, 0.3) is 22.5 Å². The first-order valence-corrected chi connectivity index (χ1v) is 12.6. The smallest absolute Gasteiger partial charge is 0.195 e. The minimum absolute atomic E-state index is 0.512. The van der Waals surface area contributed by atoms with Crippen molar-refractivity contribution in [3.8, 4) is 11.4 Å². The highest BCUT2D eigenvalue weighted by atomic mass is 32.2. The van der Waals surface area contributed by atoms with E-state index in [1.807, 2.05) is 18.5 Å². The molecule has 2 aromatic heterocycles. The van der Waals surface area contributed by atoms with E-state index in [9.17, 15) is 8.78 Å². The molecule has 178 valence electrons. The first kappa shape index (κ1) is 22.8. The number of aromatic nitrogens is 4. The number of hydrogen-bond acceptors (Lipinski definition) is 6. The lowest BCUT2D eigenvalue weighted by molar-refractivity contribution is 0.476. The van der Waals surface area contributed by atoms with Gasteiger partial charge < -0.3 is 14.3 Å². The summed E-state index contributed by atoms with van der Waals surface area (Å²) in [5, 5.41) is 12.8. The molecular formula is C25H27F2N5OS. The van der Waals surface area contributed by atoms with Crippen LogP contribution < -0.4 is 5.32 Å². The van der Waals surface area contributed by atoms with Gasteiger partial charge in [0.15, 0.2) is 34.1 Å². The molecule has 0 amide bonds. The number of nitrogens with one attached hydrogen (secondary N) is 1. The number of hydrogen-bond donors (Lipinski definition) is 1. The van der Waals surface area contributed by atoms with Crippen LogP contribution in [-0.4, -0.2) is 32.0 Å². The zero-order valence-electron chi connectivity index (χ0n) is 19.3. The molecule has 1 aliphatic rings. The molecule has 4 aromatic rings. The van der Waals surface area contributed by atoms with E-state index >= 15 is 0 Å². The maximum absolute atomic E-state index is 13.6. The summed E-state index contributed by atoms with van der Waals surface area (Å²) in [5.74, 6) is 1.07. The summed E-state index contributed by atoms with van der Waals surface area (Å²) in [5.41, 5.74) is 4.78. The Labute approximate surface area is 201 Å². The van der Waals surface area contributed by atoms with Crippen LogP contribution in [0.3, 0.4) is 0 Å². The highest BCUT2D eigenvalue weighted by molar-refractivity contribution is 7.99. The summed E-state index contributed by atoms with van der Waals surface area (Å²) >= 11 is 1.64. The number of thioether (sulfide) groups is 1. The van der Waals surface area contributed by atoms with Crippen molar-refractivity contribution < 1.29 is 13.2 Å². The Morgan fingerprint density at radius 1 is 1.18 bits per heavy atom. The van der Waals surface area contributed by atoms with Crippen LogP contribution in [0.2, 0.25) is 0 Å². The Kier molecular flexibility index (Phi) is 6.54. The molecule has 1 atom stereocenters. The summed E-state index contributed by atoms with van der Waals surface area (Å²) in [6.45, 7) is 2.99. The van der Waals surface area contributed by atoms with Crippen molar-refractivity contribution in [3.63, 3.8) is 0 Å². The summed E-state index contributed by atoms with van der Waals surface area (Å²) in [6, 6.07) is 8.04. The number of rotatable bonds is 7. The van der Waals surface area contributed by atoms with E-state index in [4.69, 9.17) is 4.42 Å². The maximum Gasteiger partial charge on any atom is 0.195 e. The molecule has 5 rings (SSSR count). The zero-order chi connectivity index (χ0) is 23.7. The number of halogens is 2. The Morgan fingerprint density at radius 2 is 2.06 bits per heavy atom. The molecule has 9 heteroatoms. The Hall–Kier alpha value is -2.94. The lowest BCUT2D eigenvalue weighted by Crippen LogP contribution is -2.12. The average molecular weight is 484 g/mol. The first-order chi connectivity index (χ1) is 16.5. The van der Waals surface area contributed by atoms with E-state index in [1.54, 1.807) is 11.8 Å². The van der Waals surface area contributed by atoms with Gasteiger partial charge in [-0.25, -0.2) is 13.8 Å². The van der Waals surface area contributed by atoms with E-state index in [0.29, 0.717) is 17.3 Å². The fraction of sp³-hybridized carbons (Fsp3) is 0.400. The maximum atomic E-state index is 13.6. The summed E-state index contributed by atoms with van der Waals surface area (Å²) < 4.78 is 34.5. The number of benzene rings is 2. The van der Waals surface area contributed by atoms with Crippen molar-refractivity contribution in [2.24, 2.45) is 13.0 Å². The van der Waals surface area contributed by atoms with Crippen LogP contribution >= 0.6 is 11.8 Å². The standard InChI is InChI=1S/C25H27F2N5OS/c1-3-23-29-21-12-16-7-6-15(14-28-20(16)13-22(21)33-23)5-4-10-34-25-31-30-24(32(25)2)17-8-9-18(26)19(27)11-17/h8-9,11-13,15,28H,3-7,10,14H2,1-2H3. The molecule has 1 N–H and O–H groups in total. The van der Waals surface area contributed by atoms with Gasteiger partial charge in [-0.2, -0.15) is 0 Å². The molecular weight excluding hydrogens is 456 g/mol. The van der Waals surface area contributed by atoms with Crippen LogP contribution in [0.4, 0.5) is 14.5 Å². The van der Waals surface area contributed by atoms with Crippen molar-refractivity contribution >= 4 is 28.5 Å². The lowest BCUT2D eigenvalue weighted by atomic mass is 9.97. The predicted molar refractivity (Wildman–Crippen MR) is 130 cm³/mol. The average Bonchev–Trinajstić information content (AvgIpc) is 3.35. The third-order valence-electron chi connectivity index (χ3n) is 6.36. The molecule has 0 aliphatic carbocycles. The predicted octanol–water partition coefficient (Wildman–Crippen LogP) is 6.01. The van der Waals surface area contributed by atoms with Gasteiger partial charge in [0, 0.05) is 43.1 Å². The van der Waals surface area contributed by atoms with Gasteiger partial charge in [-0.15, -0.1) is 10.2 Å². The molecule has 0 fully saturated rings. The van der Waals surface area contributed by atoms with Gasteiger partial charge in [-0.1, -0.05) is 18.7 Å². The zero-order valence-corrected chi connectivity index (χ0v) is 20.1. The second-order valence-electron chi connectivity index (χ2n) is 8.71. The van der Waals surface area contributed by atoms with Gasteiger partial charge in [0.2, 0.25) is 0 Å². The van der Waals surface area contributed by atoms with Gasteiger partial charge in [0.05, 0.1) is 0 Å². The van der Waals surface area contributed by atoms with E-state index in [2.05, 4.69) is 32.6 Å². The molecule has 1 aliphatic heterocycles. The summed E-state index contributed by atoms with van der Waals surface area (Å²) in [7, 11) is 1.85. The van der Waals surface area contributed by atoms with Gasteiger partial charge in [-0.05, 0) is 61.4 Å². The fourth-order valence-corrected chi connectivity index (χ4v) is 5.28. The van der Waals surface area contributed by atoms with Crippen LogP contribution in [0.1, 0.15) is 37.6 Å². The second kappa shape index (κ2) is 9.74. The van der Waals surface area contributed by atoms with E-state index in [1.165, 1.54) is 11.6 Å². The Bertz CT molecular complexity index is 1270. The van der Waals surface area contributed by atoms with Crippen molar-refractivity contribution in [1.82, 2.24) is 19.7 Å². The molecule has 1 unspecified atom stereocenters. The Balaban J connectivity index is 1.14. The summed E-state index contributed by atoms with van der Waals surface area (Å²) in [6.07, 6.45) is 5.15. The van der Waals surface area contributed by atoms with Crippen LogP contribution in [0, 0.1) is 17.6 Å². The van der Waals surface area contributed by atoms with Gasteiger partial charge in [-0.3, -0.25) is 0 Å². The molecule has 3 heterocycles. The largest absolute Gasteiger partial charge is 0.441 e. The number of oxazole rings is 1. The molecule has 34 heavy (non-hydrogen) atoms. The van der Waals surface area contributed by atoms with Crippen molar-refractivity contribution in [2.75, 3.05) is 17.6 Å². The SMILES string of the molecule is CCc1nc2cc3c(cc2o1)NCC(CCCSc1nnc(-c2ccc(F)c(F)c2)n1C)CC3. The Morgan fingerprint density at radius 3 is 2.88 bits per heavy atom. The molecule has 0 radical (unpaired) electrons. The molecule has 2 aromatic carbocycles. The monoisotopic (exact) mass is 483 g/mol. The number of aryl methyl sites for hydroxylation is 2. The third-order valence-corrected chi connectivity index (χ3v) is 7.47. The topological polar surface area (TPSA) is 68.8 Å². The van der Waals surface area contributed by atoms with Gasteiger partial charge in [0.1, 0.15) is 5.52 Å². The molecule has 0 saturated heterocycles. The first-order valence-electron chi connectivity index (χ1n) is 11.7. The van der Waals surface area contributed by atoms with E-state index < -0.39 is 11.6 Å². The lowest BCUT2D eigenvalue weighted by Gasteiger charge is -2.14. The highest BCUT2D eigenvalue weighted by Gasteiger charge is 2.19. The number of fused-ring (bicyclic) bond motifs is 2. The van der Waals surface area contributed by atoms with Crippen molar-refractivity contribution in [1.29, 1.82) is 0 Å². The van der Waals surface area contributed by atoms with Crippen molar-refractivity contribution in [2.45, 2.75) is 44.2 Å². The van der Waals surface area contributed by atoms with Gasteiger partial charge in [0.25, 0.3) is 0 Å². The molecule has 0 bridgehead atoms. The minimum Gasteiger partial charge on any atom is -0.441 e. The second-order valence-corrected chi connectivity index (χ2v) is 9.77.